The molecule has 0 aliphatic heterocycles. The third-order valence-corrected chi connectivity index (χ3v) is 2.53. The van der Waals surface area contributed by atoms with Gasteiger partial charge in [-0.2, -0.15) is 0 Å². The second-order valence-corrected chi connectivity index (χ2v) is 3.74. The smallest absolute Gasteiger partial charge is 0.0178 e. The summed E-state index contributed by atoms with van der Waals surface area (Å²) in [5, 5.41) is 0. The highest BCUT2D eigenvalue weighted by Crippen LogP contribution is 2.19. The zero-order valence-corrected chi connectivity index (χ0v) is 9.03. The van der Waals surface area contributed by atoms with E-state index in [1.165, 1.54) is 29.5 Å². The molecule has 0 aliphatic carbocycles. The van der Waals surface area contributed by atoms with Crippen molar-refractivity contribution in [1.82, 2.24) is 0 Å². The second kappa shape index (κ2) is 4.79. The van der Waals surface area contributed by atoms with Crippen molar-refractivity contribution >= 4 is 0 Å². The summed E-state index contributed by atoms with van der Waals surface area (Å²) >= 11 is 0. The van der Waals surface area contributed by atoms with Crippen LogP contribution in [0.2, 0.25) is 0 Å². The zero-order chi connectivity index (χ0) is 10.5. The zero-order valence-electron chi connectivity index (χ0n) is 9.03. The SMILES string of the molecule is CCCc1ccc(-c2c[c]ccc2)cc1. The van der Waals surface area contributed by atoms with Crippen LogP contribution in [0.1, 0.15) is 18.9 Å². The number of hydrogen-bond acceptors (Lipinski definition) is 0. The van der Waals surface area contributed by atoms with Gasteiger partial charge in [0.25, 0.3) is 0 Å². The van der Waals surface area contributed by atoms with Gasteiger partial charge >= 0.3 is 0 Å². The summed E-state index contributed by atoms with van der Waals surface area (Å²) < 4.78 is 0. The first-order valence-corrected chi connectivity index (χ1v) is 5.45. The third kappa shape index (κ3) is 2.47. The third-order valence-electron chi connectivity index (χ3n) is 2.53. The van der Waals surface area contributed by atoms with Gasteiger partial charge in [0.15, 0.2) is 0 Å². The van der Waals surface area contributed by atoms with Gasteiger partial charge in [-0.3, -0.25) is 0 Å². The summed E-state index contributed by atoms with van der Waals surface area (Å²) in [6.45, 7) is 2.21. The molecular weight excluding hydrogens is 180 g/mol. The molecule has 2 rings (SSSR count). The Labute approximate surface area is 91.6 Å². The first-order chi connectivity index (χ1) is 7.40. The molecule has 0 spiro atoms. The van der Waals surface area contributed by atoms with Gasteiger partial charge in [0, 0.05) is 0 Å². The van der Waals surface area contributed by atoms with E-state index in [1.54, 1.807) is 0 Å². The van der Waals surface area contributed by atoms with Crippen LogP contribution in [0.15, 0.2) is 48.5 Å². The highest BCUT2D eigenvalue weighted by Gasteiger charge is 1.96. The molecule has 0 amide bonds. The van der Waals surface area contributed by atoms with E-state index in [4.69, 9.17) is 0 Å². The Hall–Kier alpha value is -1.56. The van der Waals surface area contributed by atoms with Crippen LogP contribution in [0.25, 0.3) is 11.1 Å². The lowest BCUT2D eigenvalue weighted by Gasteiger charge is -2.03. The van der Waals surface area contributed by atoms with E-state index in [9.17, 15) is 0 Å². The van der Waals surface area contributed by atoms with Crippen molar-refractivity contribution in [1.29, 1.82) is 0 Å². The van der Waals surface area contributed by atoms with Gasteiger partial charge in [0.2, 0.25) is 0 Å². The van der Waals surface area contributed by atoms with Gasteiger partial charge in [0.05, 0.1) is 0 Å². The Bertz CT molecular complexity index is 398. The normalized spacial score (nSPS) is 10.2. The minimum absolute atomic E-state index is 1.17. The van der Waals surface area contributed by atoms with Crippen molar-refractivity contribution in [3.63, 3.8) is 0 Å². The van der Waals surface area contributed by atoms with E-state index in [-0.39, 0.29) is 0 Å². The van der Waals surface area contributed by atoms with E-state index in [0.717, 1.165) is 0 Å². The molecule has 0 aromatic heterocycles. The fraction of sp³-hybridized carbons (Fsp3) is 0.200. The molecule has 75 valence electrons. The Morgan fingerprint density at radius 3 is 2.40 bits per heavy atom. The summed E-state index contributed by atoms with van der Waals surface area (Å²) in [7, 11) is 0. The molecule has 0 heterocycles. The molecule has 0 heteroatoms. The Kier molecular flexibility index (Phi) is 3.18. The van der Waals surface area contributed by atoms with Crippen LogP contribution >= 0.6 is 0 Å². The summed E-state index contributed by atoms with van der Waals surface area (Å²) in [5.41, 5.74) is 3.92. The molecule has 0 saturated carbocycles. The Morgan fingerprint density at radius 1 is 1.00 bits per heavy atom. The Morgan fingerprint density at radius 2 is 1.80 bits per heavy atom. The predicted octanol–water partition coefficient (Wildman–Crippen LogP) is 4.11. The maximum absolute atomic E-state index is 3.10. The van der Waals surface area contributed by atoms with Crippen LogP contribution in [0.4, 0.5) is 0 Å². The molecule has 0 nitrogen and oxygen atoms in total. The van der Waals surface area contributed by atoms with E-state index in [2.05, 4.69) is 43.3 Å². The molecular formula is C15H15. The predicted molar refractivity (Wildman–Crippen MR) is 64.7 cm³/mol. The number of hydrogen-bond donors (Lipinski definition) is 0. The van der Waals surface area contributed by atoms with Crippen LogP contribution < -0.4 is 0 Å². The molecule has 0 saturated heterocycles. The summed E-state index contributed by atoms with van der Waals surface area (Å²) in [6.07, 6.45) is 2.37. The second-order valence-electron chi connectivity index (χ2n) is 3.74. The highest BCUT2D eigenvalue weighted by molar-refractivity contribution is 5.63. The van der Waals surface area contributed by atoms with E-state index in [1.807, 2.05) is 18.2 Å². The van der Waals surface area contributed by atoms with Crippen LogP contribution in [0.3, 0.4) is 0 Å². The van der Waals surface area contributed by atoms with Crippen molar-refractivity contribution in [2.24, 2.45) is 0 Å². The molecule has 0 atom stereocenters. The quantitative estimate of drug-likeness (QED) is 0.691. The Balaban J connectivity index is 2.24. The fourth-order valence-corrected chi connectivity index (χ4v) is 1.73. The molecule has 2 aromatic carbocycles. The lowest BCUT2D eigenvalue weighted by atomic mass is 10.0. The standard InChI is InChI=1S/C15H15/c1-2-6-13-9-11-15(12-10-13)14-7-4-3-5-8-14/h3-4,7-12H,2,6H2,1H3. The lowest BCUT2D eigenvalue weighted by molar-refractivity contribution is 0.922. The fourth-order valence-electron chi connectivity index (χ4n) is 1.73. The van der Waals surface area contributed by atoms with Crippen LogP contribution in [-0.2, 0) is 6.42 Å². The molecule has 0 N–H and O–H groups in total. The van der Waals surface area contributed by atoms with E-state index >= 15 is 0 Å². The molecule has 15 heavy (non-hydrogen) atoms. The first kappa shape index (κ1) is 9.97. The molecule has 2 aromatic rings. The lowest BCUT2D eigenvalue weighted by Crippen LogP contribution is -1.83. The van der Waals surface area contributed by atoms with Gasteiger partial charge in [-0.15, -0.1) is 0 Å². The average molecular weight is 195 g/mol. The molecule has 1 radical (unpaired) electrons. The minimum Gasteiger partial charge on any atom is -0.0651 e. The molecule has 0 unspecified atom stereocenters. The number of rotatable bonds is 3. The van der Waals surface area contributed by atoms with E-state index in [0.29, 0.717) is 0 Å². The van der Waals surface area contributed by atoms with Crippen molar-refractivity contribution in [2.45, 2.75) is 19.8 Å². The van der Waals surface area contributed by atoms with E-state index < -0.39 is 0 Å². The van der Waals surface area contributed by atoms with Crippen molar-refractivity contribution < 1.29 is 0 Å². The van der Waals surface area contributed by atoms with Crippen LogP contribution in [0.5, 0.6) is 0 Å². The topological polar surface area (TPSA) is 0 Å². The van der Waals surface area contributed by atoms with Gasteiger partial charge in [0.1, 0.15) is 0 Å². The van der Waals surface area contributed by atoms with Crippen LogP contribution in [0, 0.1) is 6.07 Å². The monoisotopic (exact) mass is 195 g/mol. The van der Waals surface area contributed by atoms with Gasteiger partial charge < -0.3 is 0 Å². The largest absolute Gasteiger partial charge is 0.0651 e. The van der Waals surface area contributed by atoms with Gasteiger partial charge in [-0.1, -0.05) is 55.8 Å². The minimum atomic E-state index is 1.17. The maximum atomic E-state index is 3.10. The van der Waals surface area contributed by atoms with Crippen molar-refractivity contribution in [2.75, 3.05) is 0 Å². The van der Waals surface area contributed by atoms with Crippen LogP contribution in [-0.4, -0.2) is 0 Å². The van der Waals surface area contributed by atoms with Gasteiger partial charge in [-0.05, 0) is 35.2 Å². The average Bonchev–Trinajstić information content (AvgIpc) is 2.32. The molecule has 0 fully saturated rings. The first-order valence-electron chi connectivity index (χ1n) is 5.45. The summed E-state index contributed by atoms with van der Waals surface area (Å²) in [4.78, 5) is 0. The summed E-state index contributed by atoms with van der Waals surface area (Å²) in [6, 6.07) is 20.0. The highest BCUT2D eigenvalue weighted by atomic mass is 14.0. The molecule has 0 aliphatic rings. The van der Waals surface area contributed by atoms with Crippen molar-refractivity contribution in [3.05, 3.63) is 60.2 Å². The van der Waals surface area contributed by atoms with Crippen molar-refractivity contribution in [3.8, 4) is 11.1 Å². The number of aryl methyl sites for hydroxylation is 1. The van der Waals surface area contributed by atoms with Gasteiger partial charge in [-0.25, -0.2) is 0 Å². The number of benzene rings is 2. The summed E-state index contributed by atoms with van der Waals surface area (Å²) in [5.74, 6) is 0. The maximum Gasteiger partial charge on any atom is -0.0178 e. The molecule has 0 bridgehead atoms.